The lowest BCUT2D eigenvalue weighted by Crippen LogP contribution is -2.50. The summed E-state index contributed by atoms with van der Waals surface area (Å²) in [5, 5.41) is 3.55. The van der Waals surface area contributed by atoms with E-state index in [2.05, 4.69) is 49.7 Å². The van der Waals surface area contributed by atoms with Gasteiger partial charge in [-0.05, 0) is 44.7 Å². The Kier molecular flexibility index (Phi) is 8.74. The minimum absolute atomic E-state index is 0.747. The normalized spacial score (nSPS) is 19.9. The second kappa shape index (κ2) is 9.75. The summed E-state index contributed by atoms with van der Waals surface area (Å²) in [5.74, 6) is 1.56. The second-order valence-corrected chi connectivity index (χ2v) is 7.32. The molecule has 0 aromatic heterocycles. The maximum atomic E-state index is 3.55. The van der Waals surface area contributed by atoms with E-state index in [4.69, 9.17) is 0 Å². The number of rotatable bonds is 9. The van der Waals surface area contributed by atoms with Gasteiger partial charge in [0, 0.05) is 38.8 Å². The minimum Gasteiger partial charge on any atom is -0.316 e. The van der Waals surface area contributed by atoms with Gasteiger partial charge < -0.3 is 10.2 Å². The van der Waals surface area contributed by atoms with Crippen LogP contribution in [0.5, 0.6) is 0 Å². The Labute approximate surface area is 127 Å². The Balaban J connectivity index is 2.08. The minimum atomic E-state index is 0.747. The topological polar surface area (TPSA) is 18.5 Å². The zero-order valence-corrected chi connectivity index (χ0v) is 14.5. The zero-order valence-electron chi connectivity index (χ0n) is 14.5. The van der Waals surface area contributed by atoms with Crippen LogP contribution in [0.15, 0.2) is 0 Å². The van der Waals surface area contributed by atoms with Gasteiger partial charge in [0.25, 0.3) is 0 Å². The molecule has 0 aromatic carbocycles. The summed E-state index contributed by atoms with van der Waals surface area (Å²) >= 11 is 0. The van der Waals surface area contributed by atoms with Gasteiger partial charge in [0.2, 0.25) is 0 Å². The number of nitrogens with zero attached hydrogens (tertiary/aromatic N) is 2. The fourth-order valence-corrected chi connectivity index (χ4v) is 3.00. The Morgan fingerprint density at radius 3 is 2.10 bits per heavy atom. The van der Waals surface area contributed by atoms with Crippen molar-refractivity contribution < 1.29 is 0 Å². The Bertz CT molecular complexity index is 232. The molecule has 0 bridgehead atoms. The Morgan fingerprint density at radius 2 is 1.55 bits per heavy atom. The molecule has 0 amide bonds. The van der Waals surface area contributed by atoms with Crippen molar-refractivity contribution in [1.82, 2.24) is 15.1 Å². The molecule has 0 aliphatic carbocycles. The first kappa shape index (κ1) is 17.9. The summed E-state index contributed by atoms with van der Waals surface area (Å²) in [6.07, 6.45) is 2.63. The van der Waals surface area contributed by atoms with Crippen LogP contribution in [0.4, 0.5) is 0 Å². The van der Waals surface area contributed by atoms with Gasteiger partial charge in [0.05, 0.1) is 0 Å². The molecule has 1 saturated heterocycles. The first-order chi connectivity index (χ1) is 9.49. The van der Waals surface area contributed by atoms with E-state index in [0.29, 0.717) is 0 Å². The molecule has 0 saturated carbocycles. The fourth-order valence-electron chi connectivity index (χ4n) is 3.00. The maximum Gasteiger partial charge on any atom is 0.0113 e. The molecule has 120 valence electrons. The summed E-state index contributed by atoms with van der Waals surface area (Å²) < 4.78 is 0. The highest BCUT2D eigenvalue weighted by atomic mass is 15.3. The van der Waals surface area contributed by atoms with Crippen molar-refractivity contribution in [2.24, 2.45) is 11.8 Å². The molecule has 3 nitrogen and oxygen atoms in total. The van der Waals surface area contributed by atoms with Crippen LogP contribution in [-0.2, 0) is 0 Å². The van der Waals surface area contributed by atoms with E-state index in [1.54, 1.807) is 0 Å². The molecule has 1 rings (SSSR count). The Hall–Kier alpha value is -0.120. The molecule has 1 heterocycles. The quantitative estimate of drug-likeness (QED) is 0.656. The first-order valence-electron chi connectivity index (χ1n) is 8.66. The van der Waals surface area contributed by atoms with Gasteiger partial charge in [-0.3, -0.25) is 4.90 Å². The Morgan fingerprint density at radius 1 is 0.900 bits per heavy atom. The van der Waals surface area contributed by atoms with Crippen LogP contribution in [0.25, 0.3) is 0 Å². The maximum absolute atomic E-state index is 3.55. The first-order valence-corrected chi connectivity index (χ1v) is 8.66. The van der Waals surface area contributed by atoms with Crippen molar-refractivity contribution in [1.29, 1.82) is 0 Å². The molecule has 1 fully saturated rings. The number of hydrogen-bond donors (Lipinski definition) is 1. The van der Waals surface area contributed by atoms with E-state index in [1.165, 1.54) is 52.1 Å². The van der Waals surface area contributed by atoms with Crippen LogP contribution in [0.3, 0.4) is 0 Å². The number of piperazine rings is 1. The molecule has 20 heavy (non-hydrogen) atoms. The van der Waals surface area contributed by atoms with Gasteiger partial charge in [0.15, 0.2) is 0 Å². The van der Waals surface area contributed by atoms with Crippen LogP contribution in [0.2, 0.25) is 0 Å². The predicted octanol–water partition coefficient (Wildman–Crippen LogP) is 2.67. The molecule has 1 atom stereocenters. The third-order valence-electron chi connectivity index (χ3n) is 4.18. The van der Waals surface area contributed by atoms with Gasteiger partial charge in [-0.2, -0.15) is 0 Å². The highest BCUT2D eigenvalue weighted by molar-refractivity contribution is 4.77. The summed E-state index contributed by atoms with van der Waals surface area (Å²) in [4.78, 5) is 5.30. The van der Waals surface area contributed by atoms with Gasteiger partial charge in [-0.25, -0.2) is 0 Å². The van der Waals surface area contributed by atoms with Gasteiger partial charge in [-0.1, -0.05) is 27.7 Å². The number of nitrogens with one attached hydrogen (secondary N) is 1. The van der Waals surface area contributed by atoms with E-state index in [1.807, 2.05) is 0 Å². The largest absolute Gasteiger partial charge is 0.316 e. The van der Waals surface area contributed by atoms with E-state index >= 15 is 0 Å². The average Bonchev–Trinajstić information content (AvgIpc) is 2.38. The predicted molar refractivity (Wildman–Crippen MR) is 89.3 cm³/mol. The second-order valence-electron chi connectivity index (χ2n) is 7.32. The molecule has 1 N–H and O–H groups in total. The van der Waals surface area contributed by atoms with Crippen LogP contribution >= 0.6 is 0 Å². The van der Waals surface area contributed by atoms with Crippen molar-refractivity contribution in [3.63, 3.8) is 0 Å². The van der Waals surface area contributed by atoms with Crippen molar-refractivity contribution in [3.8, 4) is 0 Å². The van der Waals surface area contributed by atoms with E-state index in [-0.39, 0.29) is 0 Å². The lowest BCUT2D eigenvalue weighted by atomic mass is 10.1. The smallest absolute Gasteiger partial charge is 0.0113 e. The van der Waals surface area contributed by atoms with Gasteiger partial charge in [0.1, 0.15) is 0 Å². The molecular formula is C17H37N3. The van der Waals surface area contributed by atoms with E-state index in [0.717, 1.165) is 24.4 Å². The summed E-state index contributed by atoms with van der Waals surface area (Å²) in [7, 11) is 0. The average molecular weight is 284 g/mol. The summed E-state index contributed by atoms with van der Waals surface area (Å²) in [6.45, 7) is 20.2. The SMILES string of the molecule is CC(C)CNCCCC(C)N1CCN(CC(C)C)CC1. The molecule has 0 radical (unpaired) electrons. The van der Waals surface area contributed by atoms with Gasteiger partial charge in [-0.15, -0.1) is 0 Å². The number of hydrogen-bond acceptors (Lipinski definition) is 3. The van der Waals surface area contributed by atoms with Crippen LogP contribution in [0.1, 0.15) is 47.5 Å². The summed E-state index contributed by atoms with van der Waals surface area (Å²) in [5.41, 5.74) is 0. The molecule has 0 aromatic rings. The standard InChI is InChI=1S/C17H37N3/c1-15(2)13-18-8-6-7-17(5)20-11-9-19(10-12-20)14-16(3)4/h15-18H,6-14H2,1-5H3. The molecule has 1 aliphatic heterocycles. The highest BCUT2D eigenvalue weighted by Crippen LogP contribution is 2.11. The van der Waals surface area contributed by atoms with Crippen LogP contribution < -0.4 is 5.32 Å². The third kappa shape index (κ3) is 7.61. The van der Waals surface area contributed by atoms with Gasteiger partial charge >= 0.3 is 0 Å². The van der Waals surface area contributed by atoms with E-state index < -0.39 is 0 Å². The van der Waals surface area contributed by atoms with Crippen molar-refractivity contribution in [3.05, 3.63) is 0 Å². The van der Waals surface area contributed by atoms with Crippen molar-refractivity contribution in [2.75, 3.05) is 45.8 Å². The monoisotopic (exact) mass is 283 g/mol. The van der Waals surface area contributed by atoms with Crippen molar-refractivity contribution in [2.45, 2.75) is 53.5 Å². The van der Waals surface area contributed by atoms with E-state index in [9.17, 15) is 0 Å². The van der Waals surface area contributed by atoms with Crippen LogP contribution in [0, 0.1) is 11.8 Å². The molecule has 1 aliphatic rings. The molecular weight excluding hydrogens is 246 g/mol. The van der Waals surface area contributed by atoms with Crippen LogP contribution in [-0.4, -0.2) is 61.7 Å². The van der Waals surface area contributed by atoms with Crippen molar-refractivity contribution >= 4 is 0 Å². The third-order valence-corrected chi connectivity index (χ3v) is 4.18. The molecule has 1 unspecified atom stereocenters. The molecule has 0 spiro atoms. The zero-order chi connectivity index (χ0) is 15.0. The summed E-state index contributed by atoms with van der Waals surface area (Å²) in [6, 6.07) is 0.747. The lowest BCUT2D eigenvalue weighted by molar-refractivity contribution is 0.0909. The highest BCUT2D eigenvalue weighted by Gasteiger charge is 2.20. The lowest BCUT2D eigenvalue weighted by Gasteiger charge is -2.38. The fraction of sp³-hybridized carbons (Fsp3) is 1.00. The molecule has 3 heteroatoms.